The van der Waals surface area contributed by atoms with Crippen LogP contribution in [-0.2, 0) is 0 Å². The van der Waals surface area contributed by atoms with Crippen molar-refractivity contribution >= 4 is 5.65 Å². The van der Waals surface area contributed by atoms with Gasteiger partial charge in [-0.1, -0.05) is 13.8 Å². The molecule has 3 aromatic heterocycles. The van der Waals surface area contributed by atoms with Crippen LogP contribution in [-0.4, -0.2) is 31.7 Å². The van der Waals surface area contributed by atoms with Crippen molar-refractivity contribution in [1.82, 2.24) is 19.6 Å². The lowest BCUT2D eigenvalue weighted by molar-refractivity contribution is 0.134. The Morgan fingerprint density at radius 1 is 1.19 bits per heavy atom. The third kappa shape index (κ3) is 4.39. The molecule has 27 heavy (non-hydrogen) atoms. The Morgan fingerprint density at radius 2 is 1.96 bits per heavy atom. The summed E-state index contributed by atoms with van der Waals surface area (Å²) >= 11 is 0. The van der Waals surface area contributed by atoms with Crippen LogP contribution in [0.25, 0.3) is 17.0 Å². The zero-order valence-corrected chi connectivity index (χ0v) is 15.6. The first kappa shape index (κ1) is 19.2. The second kappa shape index (κ2) is 7.56. The Labute approximate surface area is 156 Å². The van der Waals surface area contributed by atoms with Gasteiger partial charge >= 0.3 is 0 Å². The topological polar surface area (TPSA) is 78.3 Å². The Bertz CT molecular complexity index is 923. The number of ether oxygens (including phenoxy) is 1. The van der Waals surface area contributed by atoms with Crippen molar-refractivity contribution in [2.45, 2.75) is 39.2 Å². The summed E-state index contributed by atoms with van der Waals surface area (Å²) in [6, 6.07) is 6.54. The smallest absolute Gasteiger partial charge is 0.284 e. The summed E-state index contributed by atoms with van der Waals surface area (Å²) < 4.78 is 34.4. The molecule has 1 atom stereocenters. The van der Waals surface area contributed by atoms with E-state index >= 15 is 0 Å². The third-order valence-electron chi connectivity index (χ3n) is 4.08. The Hall–Kier alpha value is -2.61. The minimum absolute atomic E-state index is 0.0416. The molecule has 0 spiro atoms. The van der Waals surface area contributed by atoms with Crippen LogP contribution >= 0.6 is 0 Å². The molecule has 8 heteroatoms. The lowest BCUT2D eigenvalue weighted by atomic mass is 9.93. The van der Waals surface area contributed by atoms with E-state index in [0.717, 1.165) is 6.42 Å². The van der Waals surface area contributed by atoms with Crippen LogP contribution < -0.4 is 10.5 Å². The fraction of sp³-hybridized carbons (Fsp3) is 0.421. The maximum absolute atomic E-state index is 13.6. The van der Waals surface area contributed by atoms with Crippen LogP contribution in [0.5, 0.6) is 5.75 Å². The van der Waals surface area contributed by atoms with Crippen molar-refractivity contribution in [2.24, 2.45) is 11.7 Å². The molecule has 0 aliphatic rings. The van der Waals surface area contributed by atoms with Crippen molar-refractivity contribution in [1.29, 1.82) is 0 Å². The number of fused-ring (bicyclic) bond motifs is 1. The number of alkyl halides is 2. The quantitative estimate of drug-likeness (QED) is 0.678. The second-order valence-electron chi connectivity index (χ2n) is 7.35. The summed E-state index contributed by atoms with van der Waals surface area (Å²) in [6.07, 6.45) is 1.13. The first-order valence-corrected chi connectivity index (χ1v) is 8.77. The molecular formula is C19H23F2N5O. The van der Waals surface area contributed by atoms with Crippen molar-refractivity contribution < 1.29 is 13.5 Å². The van der Waals surface area contributed by atoms with Crippen LogP contribution in [0.15, 0.2) is 36.7 Å². The Morgan fingerprint density at radius 3 is 2.67 bits per heavy atom. The van der Waals surface area contributed by atoms with E-state index in [1.807, 2.05) is 6.92 Å². The molecule has 3 heterocycles. The summed E-state index contributed by atoms with van der Waals surface area (Å²) in [6.45, 7) is 6.08. The summed E-state index contributed by atoms with van der Waals surface area (Å²) in [7, 11) is 0. The predicted octanol–water partition coefficient (Wildman–Crippen LogP) is 3.87. The molecule has 0 radical (unpaired) electrons. The molecule has 144 valence electrons. The van der Waals surface area contributed by atoms with Gasteiger partial charge in [-0.25, -0.2) is 23.3 Å². The minimum atomic E-state index is -2.77. The van der Waals surface area contributed by atoms with Gasteiger partial charge in [0.1, 0.15) is 18.1 Å². The van der Waals surface area contributed by atoms with Gasteiger partial charge in [-0.05, 0) is 37.5 Å². The molecule has 6 nitrogen and oxygen atoms in total. The second-order valence-corrected chi connectivity index (χ2v) is 7.35. The van der Waals surface area contributed by atoms with Gasteiger partial charge in [-0.2, -0.15) is 5.10 Å². The first-order chi connectivity index (χ1) is 12.8. The molecule has 0 aromatic carbocycles. The van der Waals surface area contributed by atoms with Crippen molar-refractivity contribution in [3.05, 3.63) is 42.4 Å². The van der Waals surface area contributed by atoms with E-state index in [2.05, 4.69) is 28.9 Å². The number of pyridine rings is 1. The fourth-order valence-corrected chi connectivity index (χ4v) is 3.15. The fourth-order valence-electron chi connectivity index (χ4n) is 3.15. The van der Waals surface area contributed by atoms with Gasteiger partial charge in [-0.3, -0.25) is 0 Å². The van der Waals surface area contributed by atoms with Gasteiger partial charge in [0.05, 0.1) is 17.6 Å². The van der Waals surface area contributed by atoms with E-state index in [1.165, 1.54) is 6.07 Å². The summed E-state index contributed by atoms with van der Waals surface area (Å²) in [5, 5.41) is 4.17. The molecule has 0 aliphatic carbocycles. The van der Waals surface area contributed by atoms with E-state index in [-0.39, 0.29) is 12.4 Å². The zero-order chi connectivity index (χ0) is 19.6. The number of rotatable bonds is 7. The number of aromatic nitrogens is 4. The number of hydrogen-bond acceptors (Lipinski definition) is 5. The highest BCUT2D eigenvalue weighted by Crippen LogP contribution is 2.31. The largest absolute Gasteiger partial charge is 0.490 e. The monoisotopic (exact) mass is 375 g/mol. The molecule has 3 aromatic rings. The highest BCUT2D eigenvalue weighted by molar-refractivity contribution is 5.59. The molecule has 0 unspecified atom stereocenters. The van der Waals surface area contributed by atoms with Gasteiger partial charge in [0.25, 0.3) is 6.43 Å². The van der Waals surface area contributed by atoms with Crippen LogP contribution in [0.1, 0.15) is 39.3 Å². The first-order valence-electron chi connectivity index (χ1n) is 8.77. The highest BCUT2D eigenvalue weighted by Gasteiger charge is 2.24. The van der Waals surface area contributed by atoms with E-state index in [9.17, 15) is 8.78 Å². The average molecular weight is 375 g/mol. The summed E-state index contributed by atoms with van der Waals surface area (Å²) in [5.74, 6) is 0.418. The van der Waals surface area contributed by atoms with Gasteiger partial charge in [-0.15, -0.1) is 0 Å². The molecule has 0 saturated carbocycles. The van der Waals surface area contributed by atoms with E-state index in [0.29, 0.717) is 23.0 Å². The summed E-state index contributed by atoms with van der Waals surface area (Å²) in [5.41, 5.74) is 6.74. The van der Waals surface area contributed by atoms with E-state index in [4.69, 9.17) is 10.5 Å². The van der Waals surface area contributed by atoms with Crippen LogP contribution in [0.4, 0.5) is 8.78 Å². The van der Waals surface area contributed by atoms with Gasteiger partial charge in [0.15, 0.2) is 5.65 Å². The third-order valence-corrected chi connectivity index (χ3v) is 4.08. The Balaban J connectivity index is 1.91. The lowest BCUT2D eigenvalue weighted by Crippen LogP contribution is -2.43. The molecule has 0 amide bonds. The SMILES string of the molecule is CC(C)C[C@](C)(N)COc1ccc(-c2ccnc3ccnn23)nc1C(F)F. The normalized spacial score (nSPS) is 14.1. The molecule has 0 aliphatic heterocycles. The molecule has 2 N–H and O–H groups in total. The van der Waals surface area contributed by atoms with Gasteiger partial charge in [0, 0.05) is 17.8 Å². The molecule has 0 saturated heterocycles. The maximum atomic E-state index is 13.6. The number of hydrogen-bond donors (Lipinski definition) is 1. The van der Waals surface area contributed by atoms with Crippen molar-refractivity contribution in [3.8, 4) is 17.1 Å². The maximum Gasteiger partial charge on any atom is 0.284 e. The lowest BCUT2D eigenvalue weighted by Gasteiger charge is -2.27. The van der Waals surface area contributed by atoms with Crippen molar-refractivity contribution in [3.63, 3.8) is 0 Å². The van der Waals surface area contributed by atoms with Gasteiger partial charge < -0.3 is 10.5 Å². The molecule has 3 rings (SSSR count). The zero-order valence-electron chi connectivity index (χ0n) is 15.6. The predicted molar refractivity (Wildman–Crippen MR) is 98.7 cm³/mol. The number of nitrogens with zero attached hydrogens (tertiary/aromatic N) is 4. The van der Waals surface area contributed by atoms with E-state index < -0.39 is 17.7 Å². The average Bonchev–Trinajstić information content (AvgIpc) is 3.07. The number of halogens is 2. The molecule has 0 fully saturated rings. The molecular weight excluding hydrogens is 352 g/mol. The van der Waals surface area contributed by atoms with Crippen LogP contribution in [0, 0.1) is 5.92 Å². The standard InChI is InChI=1S/C19H23F2N5O/c1-12(2)10-19(3,22)11-27-15-5-4-13(25-17(15)18(20)21)14-6-8-23-16-7-9-24-26(14)16/h4-9,12,18H,10-11,22H2,1-3H3/t19-/m0/s1. The summed E-state index contributed by atoms with van der Waals surface area (Å²) in [4.78, 5) is 8.30. The van der Waals surface area contributed by atoms with Crippen LogP contribution in [0.3, 0.4) is 0 Å². The Kier molecular flexibility index (Phi) is 5.36. The van der Waals surface area contributed by atoms with E-state index in [1.54, 1.807) is 35.1 Å². The van der Waals surface area contributed by atoms with Gasteiger partial charge in [0.2, 0.25) is 0 Å². The molecule has 0 bridgehead atoms. The highest BCUT2D eigenvalue weighted by atomic mass is 19.3. The number of nitrogens with two attached hydrogens (primary N) is 1. The van der Waals surface area contributed by atoms with Crippen LogP contribution in [0.2, 0.25) is 0 Å². The minimum Gasteiger partial charge on any atom is -0.490 e. The van der Waals surface area contributed by atoms with Crippen molar-refractivity contribution in [2.75, 3.05) is 6.61 Å².